The number of rotatable bonds is 12. The third kappa shape index (κ3) is 11.6. The first-order valence-corrected chi connectivity index (χ1v) is 13.8. The fourth-order valence-electron chi connectivity index (χ4n) is 3.84. The lowest BCUT2D eigenvalue weighted by Crippen LogP contribution is -2.25. The Morgan fingerprint density at radius 2 is 1.74 bits per heavy atom. The quantitative estimate of drug-likeness (QED) is 0.0134. The van der Waals surface area contributed by atoms with Crippen LogP contribution in [-0.2, 0) is 11.3 Å². The summed E-state index contributed by atoms with van der Waals surface area (Å²) >= 11 is 0. The average molecular weight is 651 g/mol. The number of fused-ring (bicyclic) bond motifs is 1. The third-order valence-electron chi connectivity index (χ3n) is 6.03. The fraction of sp³-hybridized carbons (Fsp3) is 0.214. The molecule has 0 aliphatic rings. The number of hydrazine groups is 1. The molecule has 0 atom stereocenters. The van der Waals surface area contributed by atoms with Crippen molar-refractivity contribution in [3.63, 3.8) is 0 Å². The number of carbonyl (C=O) groups excluding carboxylic acids is 2. The first kappa shape index (κ1) is 36.8. The molecule has 0 aliphatic heterocycles. The number of nitrogens with zero attached hydrogens (tertiary/aromatic N) is 5. The summed E-state index contributed by atoms with van der Waals surface area (Å²) in [5.41, 5.74) is 28.0. The molecule has 19 heteroatoms. The van der Waals surface area contributed by atoms with Gasteiger partial charge in [0, 0.05) is 28.9 Å². The largest absolute Gasteiger partial charge is 0.506 e. The van der Waals surface area contributed by atoms with E-state index < -0.39 is 0 Å². The van der Waals surface area contributed by atoms with E-state index in [2.05, 4.69) is 41.0 Å². The maximum Gasteiger partial charge on any atom is 0.290 e. The summed E-state index contributed by atoms with van der Waals surface area (Å²) in [6, 6.07) is 9.43. The zero-order valence-electron chi connectivity index (χ0n) is 25.5. The van der Waals surface area contributed by atoms with Crippen molar-refractivity contribution in [3.05, 3.63) is 65.0 Å². The molecular weight excluding hydrogens is 612 g/mol. The van der Waals surface area contributed by atoms with E-state index in [0.29, 0.717) is 57.8 Å². The van der Waals surface area contributed by atoms with Gasteiger partial charge in [0.15, 0.2) is 29.1 Å². The highest BCUT2D eigenvalue weighted by atomic mass is 16.3. The van der Waals surface area contributed by atoms with Gasteiger partial charge in [0.05, 0.1) is 24.1 Å². The Labute approximate surface area is 269 Å². The fourth-order valence-corrected chi connectivity index (χ4v) is 3.84. The molecule has 47 heavy (non-hydrogen) atoms. The van der Waals surface area contributed by atoms with Gasteiger partial charge in [0.25, 0.3) is 12.4 Å². The molecule has 0 radical (unpaired) electrons. The Balaban J connectivity index is 0.000000376. The summed E-state index contributed by atoms with van der Waals surface area (Å²) in [5, 5.41) is 29.7. The highest BCUT2D eigenvalue weighted by Gasteiger charge is 2.11. The second-order valence-corrected chi connectivity index (χ2v) is 9.35. The number of nitrogen functional groups attached to an aromatic ring is 3. The molecule has 0 unspecified atom stereocenters. The van der Waals surface area contributed by atoms with E-state index in [4.69, 9.17) is 38.7 Å². The number of aromatic hydroxyl groups is 1. The summed E-state index contributed by atoms with van der Waals surface area (Å²) in [5.74, 6) is 4.99. The lowest BCUT2D eigenvalue weighted by molar-refractivity contribution is -0.122. The highest BCUT2D eigenvalue weighted by Crippen LogP contribution is 2.25. The predicted molar refractivity (Wildman–Crippen MR) is 178 cm³/mol. The lowest BCUT2D eigenvalue weighted by Gasteiger charge is -2.11. The summed E-state index contributed by atoms with van der Waals surface area (Å²) in [4.78, 5) is 47.6. The summed E-state index contributed by atoms with van der Waals surface area (Å²) < 4.78 is 0. The molecule has 250 valence electrons. The van der Waals surface area contributed by atoms with Crippen molar-refractivity contribution < 1.29 is 24.6 Å². The van der Waals surface area contributed by atoms with Crippen molar-refractivity contribution in [3.8, 4) is 5.75 Å². The van der Waals surface area contributed by atoms with E-state index in [-0.39, 0.29) is 42.3 Å². The monoisotopic (exact) mass is 650 g/mol. The Kier molecular flexibility index (Phi) is 15.0. The number of anilines is 4. The molecular formula is C28H38N14O5. The van der Waals surface area contributed by atoms with Gasteiger partial charge in [0.1, 0.15) is 5.75 Å². The number of hydrogen-bond donors (Lipinski definition) is 11. The first-order valence-electron chi connectivity index (χ1n) is 13.8. The molecule has 4 rings (SSSR count). The number of benzene rings is 2. The number of carboxylic acid groups (broad SMARTS) is 1. The molecule has 0 bridgehead atoms. The topological polar surface area (TPSA) is 334 Å². The van der Waals surface area contributed by atoms with Gasteiger partial charge < -0.3 is 49.1 Å². The number of amidine groups is 1. The van der Waals surface area contributed by atoms with E-state index in [1.807, 2.05) is 12.6 Å². The molecule has 2 aromatic heterocycles. The third-order valence-corrected chi connectivity index (χ3v) is 6.03. The molecule has 2 aromatic carbocycles. The van der Waals surface area contributed by atoms with Crippen LogP contribution in [0.15, 0.2) is 47.7 Å². The van der Waals surface area contributed by atoms with Gasteiger partial charge in [-0.3, -0.25) is 14.4 Å². The number of phenols is 1. The summed E-state index contributed by atoms with van der Waals surface area (Å²) in [7, 11) is 1.89. The number of hydrogen-bond acceptors (Lipinski definition) is 16. The SMILES string of the molecule is CNCCCCNC(=O)c1ccc(NCc2cnc3nc(N)nc(N)c3n2)c(O)c1.NN/N=C(\N)c1cc(N)ccc1C=O.O=CO. The minimum absolute atomic E-state index is 0.0344. The molecule has 0 aliphatic carbocycles. The summed E-state index contributed by atoms with van der Waals surface area (Å²) in [6.07, 6.45) is 4.07. The van der Waals surface area contributed by atoms with Crippen LogP contribution in [-0.4, -0.2) is 74.8 Å². The van der Waals surface area contributed by atoms with Gasteiger partial charge in [-0.1, -0.05) is 0 Å². The zero-order chi connectivity index (χ0) is 34.8. The maximum atomic E-state index is 12.2. The van der Waals surface area contributed by atoms with Gasteiger partial charge in [-0.25, -0.2) is 21.3 Å². The van der Waals surface area contributed by atoms with Crippen LogP contribution in [0.5, 0.6) is 5.75 Å². The zero-order valence-corrected chi connectivity index (χ0v) is 25.5. The van der Waals surface area contributed by atoms with Crippen LogP contribution in [0.2, 0.25) is 0 Å². The molecule has 0 spiro atoms. The molecule has 0 saturated heterocycles. The molecule has 19 nitrogen and oxygen atoms in total. The van der Waals surface area contributed by atoms with Crippen molar-refractivity contribution >= 4 is 58.8 Å². The van der Waals surface area contributed by atoms with E-state index in [9.17, 15) is 14.7 Å². The van der Waals surface area contributed by atoms with Gasteiger partial charge in [-0.05, 0) is 62.8 Å². The number of aromatic nitrogens is 4. The van der Waals surface area contributed by atoms with Crippen molar-refractivity contribution in [1.29, 1.82) is 0 Å². The van der Waals surface area contributed by atoms with E-state index in [1.165, 1.54) is 12.3 Å². The van der Waals surface area contributed by atoms with Crippen LogP contribution in [0, 0.1) is 0 Å². The van der Waals surface area contributed by atoms with E-state index >= 15 is 0 Å². The number of amides is 1. The molecule has 0 saturated carbocycles. The number of nitrogens with two attached hydrogens (primary N) is 5. The van der Waals surface area contributed by atoms with Gasteiger partial charge >= 0.3 is 0 Å². The minimum Gasteiger partial charge on any atom is -0.506 e. The number of aldehydes is 1. The Morgan fingerprint density at radius 3 is 2.40 bits per heavy atom. The number of hydrazone groups is 1. The van der Waals surface area contributed by atoms with Crippen LogP contribution in [0.4, 0.5) is 23.1 Å². The Hall–Kier alpha value is -6.34. The number of unbranched alkanes of at least 4 members (excludes halogenated alkanes) is 1. The number of nitrogens with one attached hydrogen (secondary N) is 4. The number of carbonyl (C=O) groups is 3. The molecule has 2 heterocycles. The van der Waals surface area contributed by atoms with Crippen molar-refractivity contribution in [1.82, 2.24) is 36.1 Å². The second kappa shape index (κ2) is 19.1. The van der Waals surface area contributed by atoms with Crippen molar-refractivity contribution in [2.45, 2.75) is 19.4 Å². The van der Waals surface area contributed by atoms with Crippen LogP contribution in [0.25, 0.3) is 11.2 Å². The van der Waals surface area contributed by atoms with Crippen molar-refractivity contribution in [2.75, 3.05) is 42.7 Å². The second-order valence-electron chi connectivity index (χ2n) is 9.35. The molecule has 0 fully saturated rings. The normalized spacial score (nSPS) is 10.5. The van der Waals surface area contributed by atoms with Crippen LogP contribution in [0.3, 0.4) is 0 Å². The maximum absolute atomic E-state index is 12.2. The van der Waals surface area contributed by atoms with E-state index in [0.717, 1.165) is 19.4 Å². The minimum atomic E-state index is -0.250. The smallest absolute Gasteiger partial charge is 0.290 e. The average Bonchev–Trinajstić information content (AvgIpc) is 3.05. The van der Waals surface area contributed by atoms with Crippen LogP contribution in [0.1, 0.15) is 44.8 Å². The highest BCUT2D eigenvalue weighted by molar-refractivity contribution is 6.04. The van der Waals surface area contributed by atoms with E-state index in [1.54, 1.807) is 30.3 Å². The predicted octanol–water partition coefficient (Wildman–Crippen LogP) is -0.503. The van der Waals surface area contributed by atoms with Gasteiger partial charge in [0.2, 0.25) is 5.95 Å². The van der Waals surface area contributed by atoms with Gasteiger partial charge in [-0.15, -0.1) is 5.10 Å². The Bertz CT molecular complexity index is 1690. The van der Waals surface area contributed by atoms with Crippen molar-refractivity contribution in [2.24, 2.45) is 16.7 Å². The standard InChI is InChI=1S/C19H25N9O2.C8H11N5O.CH2O2/c1-22-6-2-3-7-23-18(30)11-4-5-13(14(29)8-11)24-9-12-10-25-17-15(26-12)16(20)27-19(21)28-17;9-6-2-1-5(4-14)7(3-6)8(10)12-13-11;2-1-3/h4-5,8,10,22,24,29H,2-3,6-7,9H2,1H3,(H,23,30)(H4,20,21,25,27,28);1-4,13H,9,11H2,(H2,10,12);1H,(H,2,3). The summed E-state index contributed by atoms with van der Waals surface area (Å²) in [6.45, 7) is 1.52. The Morgan fingerprint density at radius 1 is 1.02 bits per heavy atom. The lowest BCUT2D eigenvalue weighted by atomic mass is 10.1. The molecule has 4 aromatic rings. The van der Waals surface area contributed by atoms with Crippen LogP contribution < -0.4 is 50.3 Å². The van der Waals surface area contributed by atoms with Crippen LogP contribution >= 0.6 is 0 Å². The van der Waals surface area contributed by atoms with Gasteiger partial charge in [-0.2, -0.15) is 9.97 Å². The molecule has 16 N–H and O–H groups in total. The molecule has 1 amide bonds. The number of phenolic OH excluding ortho intramolecular Hbond substituents is 1. The first-order chi connectivity index (χ1) is 22.6.